The molecule has 0 amide bonds. The Bertz CT molecular complexity index is 2020. The minimum Gasteiger partial charge on any atom is -0.481 e. The van der Waals surface area contributed by atoms with Crippen molar-refractivity contribution < 1.29 is 38.9 Å². The summed E-state index contributed by atoms with van der Waals surface area (Å²) in [7, 11) is 2.22. The lowest BCUT2D eigenvalue weighted by atomic mass is 9.69. The highest BCUT2D eigenvalue weighted by Gasteiger charge is 2.44. The molecule has 0 aromatic carbocycles. The van der Waals surface area contributed by atoms with Crippen molar-refractivity contribution in [1.29, 1.82) is 0 Å². The van der Waals surface area contributed by atoms with Gasteiger partial charge >= 0.3 is 23.9 Å². The van der Waals surface area contributed by atoms with Gasteiger partial charge in [-0.3, -0.25) is 19.2 Å². The summed E-state index contributed by atoms with van der Waals surface area (Å²) in [6.45, 7) is 28.7. The van der Waals surface area contributed by atoms with E-state index in [2.05, 4.69) is 82.0 Å². The van der Waals surface area contributed by atoms with E-state index in [-0.39, 0.29) is 18.4 Å². The van der Waals surface area contributed by atoms with Crippen LogP contribution in [-0.2, 0) is 28.7 Å². The Morgan fingerprint density at radius 2 is 0.615 bits per heavy atom. The van der Waals surface area contributed by atoms with Crippen molar-refractivity contribution in [1.82, 2.24) is 19.6 Å². The number of esters is 2. The highest BCUT2D eigenvalue weighted by atomic mass is 16.5. The fourth-order valence-electron chi connectivity index (χ4n) is 19.4. The second-order valence-electron chi connectivity index (χ2n) is 38.6. The van der Waals surface area contributed by atoms with Crippen LogP contribution in [0.5, 0.6) is 0 Å². The Morgan fingerprint density at radius 3 is 0.889 bits per heavy atom. The first-order valence-electron chi connectivity index (χ1n) is 52.8. The topological polar surface area (TPSA) is 140 Å². The maximum absolute atomic E-state index is 14.2. The second-order valence-corrected chi connectivity index (χ2v) is 38.6. The van der Waals surface area contributed by atoms with E-state index in [0.29, 0.717) is 81.8 Å². The molecule has 2 rings (SSSR count). The average molecular weight is 1650 g/mol. The fourth-order valence-corrected chi connectivity index (χ4v) is 19.4. The van der Waals surface area contributed by atoms with Crippen LogP contribution in [-0.4, -0.2) is 146 Å². The summed E-state index contributed by atoms with van der Waals surface area (Å²) < 4.78 is 12.1. The molecular weight excluding hydrogens is 1450 g/mol. The zero-order chi connectivity index (χ0) is 85.2. The molecule has 0 radical (unpaired) electrons. The Hall–Kier alpha value is -2.28. The van der Waals surface area contributed by atoms with Crippen LogP contribution in [0.2, 0.25) is 0 Å². The predicted molar refractivity (Wildman–Crippen MR) is 506 cm³/mol. The van der Waals surface area contributed by atoms with E-state index in [1.807, 2.05) is 0 Å². The average Bonchev–Trinajstić information content (AvgIpc) is 0.934. The molecule has 12 heteroatoms. The Morgan fingerprint density at radius 1 is 0.342 bits per heavy atom. The third-order valence-corrected chi connectivity index (χ3v) is 27.1. The zero-order valence-corrected chi connectivity index (χ0v) is 80.3. The molecule has 5 atom stereocenters. The summed E-state index contributed by atoms with van der Waals surface area (Å²) in [6.07, 6.45) is 89.8. The fraction of sp³-hybridized carbons (Fsp3) is 0.962. The van der Waals surface area contributed by atoms with Crippen LogP contribution in [0.4, 0.5) is 0 Å². The smallest absolute Gasteiger partial charge is 0.310 e. The predicted octanol–water partition coefficient (Wildman–Crippen LogP) is 30.8. The van der Waals surface area contributed by atoms with Crippen molar-refractivity contribution >= 4 is 23.9 Å². The number of carboxylic acids is 2. The van der Waals surface area contributed by atoms with Gasteiger partial charge in [0, 0.05) is 52.4 Å². The molecule has 0 spiro atoms. The summed E-state index contributed by atoms with van der Waals surface area (Å²) in [5.41, 5.74) is -0.844. The van der Waals surface area contributed by atoms with Gasteiger partial charge in [0.25, 0.3) is 0 Å². The van der Waals surface area contributed by atoms with Gasteiger partial charge in [-0.25, -0.2) is 0 Å². The zero-order valence-electron chi connectivity index (χ0n) is 80.3. The number of hydrogen-bond acceptors (Lipinski definition) is 10. The molecule has 2 saturated heterocycles. The van der Waals surface area contributed by atoms with Gasteiger partial charge in [0.1, 0.15) is 0 Å². The van der Waals surface area contributed by atoms with Crippen molar-refractivity contribution in [3.8, 4) is 0 Å². The number of ether oxygens (including phenoxy) is 2. The van der Waals surface area contributed by atoms with Crippen LogP contribution in [0, 0.1) is 35.0 Å². The molecule has 117 heavy (non-hydrogen) atoms. The van der Waals surface area contributed by atoms with E-state index in [4.69, 9.17) is 9.47 Å². The highest BCUT2D eigenvalue weighted by molar-refractivity contribution is 5.75. The quantitative estimate of drug-likeness (QED) is 0.0442. The van der Waals surface area contributed by atoms with Gasteiger partial charge < -0.3 is 39.3 Å². The van der Waals surface area contributed by atoms with Crippen LogP contribution in [0.3, 0.4) is 0 Å². The lowest BCUT2D eigenvalue weighted by Gasteiger charge is -2.40. The number of unbranched alkanes of at least 4 members (excludes halogenated alkanes) is 48. The van der Waals surface area contributed by atoms with Crippen molar-refractivity contribution in [3.63, 3.8) is 0 Å². The molecule has 0 aliphatic carbocycles. The normalized spacial score (nSPS) is 15.7. The minimum absolute atomic E-state index is 0.0688. The first-order chi connectivity index (χ1) is 57.2. The molecule has 0 aromatic rings. The molecule has 0 bridgehead atoms. The van der Waals surface area contributed by atoms with Crippen molar-refractivity contribution in [2.75, 3.05) is 92.3 Å². The van der Waals surface area contributed by atoms with Crippen LogP contribution in [0.1, 0.15) is 524 Å². The van der Waals surface area contributed by atoms with E-state index in [1.54, 1.807) is 0 Å². The first kappa shape index (κ1) is 113. The van der Waals surface area contributed by atoms with Crippen molar-refractivity contribution in [3.05, 3.63) is 0 Å². The minimum atomic E-state index is -0.844. The standard InChI is InChI=1S/C53H104N2O4.C52H102N2O4/c1-6-10-14-18-22-24-28-32-37-49(35-30-26-20-16-12-8-3)47-58-52(56)40-43-55(46-51-39-34-42-54(5)45-51)44-41-53(57)59-48-50(36-31-27-21-17-13-9-4)38-33-29-25-23-19-15-11-7-2;1-5-9-13-17-21-23-27-31-37-48(35-29-25-19-15-11-7-3)45-52(51(57)58,47-54(42-39-50(55)56)44-43-53-40-33-34-41-53)46-49(36-30-26-20-16-12-8-4)38-32-28-24-22-18-14-10-6-2/h49-51H,6-48H2,1-5H3;48-49H,5-47H2,1-4H3,(H,55,56)(H,57,58). The Labute approximate surface area is 729 Å². The monoisotopic (exact) mass is 1650 g/mol. The SMILES string of the molecule is CCCCCCCCCCC(CCCCCCCC)CC(CC(CCCCCCCC)CCCCCCCCCC)(CN(CCC(=O)O)CCN1CCCC1)C(=O)O.CCCCCCCCCCC(CCCCCCCC)COC(=O)CCN(CCC(=O)OCC(CCCCCCCC)CCCCCCCCCC)CC1CCCN(C)C1. The van der Waals surface area contributed by atoms with Gasteiger partial charge in [-0.1, -0.05) is 441 Å². The number of carbonyl (C=O) groups excluding carboxylic acids is 2. The molecule has 12 nitrogen and oxygen atoms in total. The van der Waals surface area contributed by atoms with Gasteiger partial charge in [0.05, 0.1) is 37.9 Å². The van der Waals surface area contributed by atoms with Crippen LogP contribution >= 0.6 is 0 Å². The largest absolute Gasteiger partial charge is 0.481 e. The molecule has 0 aromatic heterocycles. The second kappa shape index (κ2) is 84.6. The molecule has 0 saturated carbocycles. The van der Waals surface area contributed by atoms with Crippen LogP contribution in [0.15, 0.2) is 0 Å². The van der Waals surface area contributed by atoms with Gasteiger partial charge in [-0.2, -0.15) is 0 Å². The molecule has 2 fully saturated rings. The molecule has 2 aliphatic rings. The number of rotatable bonds is 89. The molecular formula is C105H206N4O8. The molecule has 694 valence electrons. The molecule has 5 unspecified atom stereocenters. The van der Waals surface area contributed by atoms with E-state index < -0.39 is 17.4 Å². The van der Waals surface area contributed by atoms with E-state index in [9.17, 15) is 29.4 Å². The number of aliphatic carboxylic acids is 2. The number of likely N-dealkylation sites (tertiary alicyclic amines) is 2. The Balaban J connectivity index is 0.00000117. The van der Waals surface area contributed by atoms with Gasteiger partial charge in [0.2, 0.25) is 0 Å². The molecule has 2 aliphatic heterocycles. The number of carboxylic acid groups (broad SMARTS) is 2. The van der Waals surface area contributed by atoms with Crippen LogP contribution in [0.25, 0.3) is 0 Å². The molecule has 2 N–H and O–H groups in total. The van der Waals surface area contributed by atoms with Gasteiger partial charge in [0.15, 0.2) is 0 Å². The summed E-state index contributed by atoms with van der Waals surface area (Å²) >= 11 is 0. The summed E-state index contributed by atoms with van der Waals surface area (Å²) in [5, 5.41) is 21.5. The van der Waals surface area contributed by atoms with Gasteiger partial charge in [-0.05, 0) is 120 Å². The van der Waals surface area contributed by atoms with Crippen molar-refractivity contribution in [2.45, 2.75) is 524 Å². The van der Waals surface area contributed by atoms with E-state index in [1.165, 1.54) is 411 Å². The number of hydrogen-bond donors (Lipinski definition) is 2. The number of piperidine rings is 1. The van der Waals surface area contributed by atoms with E-state index in [0.717, 1.165) is 84.3 Å². The first-order valence-corrected chi connectivity index (χ1v) is 52.8. The summed E-state index contributed by atoms with van der Waals surface area (Å²) in [6, 6.07) is 0. The third-order valence-electron chi connectivity index (χ3n) is 27.1. The lowest BCUT2D eigenvalue weighted by Crippen LogP contribution is -2.48. The lowest BCUT2D eigenvalue weighted by molar-refractivity contribution is -0.153. The molecule has 2 heterocycles. The maximum Gasteiger partial charge on any atom is 0.310 e. The summed E-state index contributed by atoms with van der Waals surface area (Å²) in [5.74, 6) is 0.841. The van der Waals surface area contributed by atoms with Gasteiger partial charge in [-0.15, -0.1) is 0 Å². The highest BCUT2D eigenvalue weighted by Crippen LogP contribution is 2.42. The van der Waals surface area contributed by atoms with Crippen molar-refractivity contribution in [2.24, 2.45) is 35.0 Å². The van der Waals surface area contributed by atoms with Crippen LogP contribution < -0.4 is 0 Å². The Kier molecular flexibility index (Phi) is 81.5. The van der Waals surface area contributed by atoms with E-state index >= 15 is 0 Å². The number of carbonyl (C=O) groups is 4. The number of nitrogens with zero attached hydrogens (tertiary/aromatic N) is 4. The third kappa shape index (κ3) is 70.7. The summed E-state index contributed by atoms with van der Waals surface area (Å²) in [4.78, 5) is 62.3. The maximum atomic E-state index is 14.2.